The van der Waals surface area contributed by atoms with Gasteiger partial charge in [-0.05, 0) is 47.1 Å². The first kappa shape index (κ1) is 15.0. The van der Waals surface area contributed by atoms with Gasteiger partial charge in [0.2, 0.25) is 0 Å². The first-order valence-electron chi connectivity index (χ1n) is 6.00. The molecule has 0 spiro atoms. The number of aryl methyl sites for hydroxylation is 1. The molecule has 2 rings (SSSR count). The second-order valence-corrected chi connectivity index (χ2v) is 5.30. The summed E-state index contributed by atoms with van der Waals surface area (Å²) in [6.07, 6.45) is 0. The summed E-state index contributed by atoms with van der Waals surface area (Å²) in [5, 5.41) is 13.5. The molecule has 3 N–H and O–H groups in total. The van der Waals surface area contributed by atoms with Gasteiger partial charge in [0.15, 0.2) is 0 Å². The number of hydrogen-bond acceptors (Lipinski definition) is 4. The lowest BCUT2D eigenvalue weighted by Gasteiger charge is -2.07. The zero-order chi connectivity index (χ0) is 15.6. The number of nitrogens with two attached hydrogens (primary N) is 1. The third-order valence-electron chi connectivity index (χ3n) is 2.92. The van der Waals surface area contributed by atoms with E-state index < -0.39 is 4.92 Å². The van der Waals surface area contributed by atoms with Gasteiger partial charge in [0.1, 0.15) is 0 Å². The number of carbonyl (C=O) groups excluding carboxylic acids is 1. The monoisotopic (exact) mass is 349 g/mol. The van der Waals surface area contributed by atoms with Crippen molar-refractivity contribution < 1.29 is 9.72 Å². The molecule has 108 valence electrons. The maximum atomic E-state index is 12.1. The number of nitrogen functional groups attached to an aromatic ring is 1. The van der Waals surface area contributed by atoms with Crippen molar-refractivity contribution in [1.82, 2.24) is 0 Å². The molecule has 0 fully saturated rings. The Labute approximate surface area is 129 Å². The van der Waals surface area contributed by atoms with E-state index >= 15 is 0 Å². The van der Waals surface area contributed by atoms with Crippen molar-refractivity contribution in [3.05, 3.63) is 62.1 Å². The molecule has 0 saturated carbocycles. The molecule has 0 heterocycles. The minimum Gasteiger partial charge on any atom is -0.398 e. The Bertz CT molecular complexity index is 731. The summed E-state index contributed by atoms with van der Waals surface area (Å²) in [5.41, 5.74) is 7.39. The molecule has 0 aliphatic heterocycles. The number of nitro groups is 1. The molecule has 0 aliphatic rings. The molecule has 0 atom stereocenters. The number of halogens is 1. The highest BCUT2D eigenvalue weighted by Crippen LogP contribution is 2.24. The van der Waals surface area contributed by atoms with Crippen LogP contribution >= 0.6 is 15.9 Å². The van der Waals surface area contributed by atoms with Gasteiger partial charge in [-0.15, -0.1) is 0 Å². The quantitative estimate of drug-likeness (QED) is 0.503. The Morgan fingerprint density at radius 3 is 2.62 bits per heavy atom. The van der Waals surface area contributed by atoms with Crippen molar-refractivity contribution in [2.75, 3.05) is 11.1 Å². The van der Waals surface area contributed by atoms with E-state index in [9.17, 15) is 14.9 Å². The van der Waals surface area contributed by atoms with E-state index in [1.165, 1.54) is 12.1 Å². The summed E-state index contributed by atoms with van der Waals surface area (Å²) in [7, 11) is 0. The Hall–Kier alpha value is -2.41. The Kier molecular flexibility index (Phi) is 4.23. The minimum atomic E-state index is -0.484. The molecule has 0 aromatic heterocycles. The van der Waals surface area contributed by atoms with Crippen molar-refractivity contribution in [1.29, 1.82) is 0 Å². The van der Waals surface area contributed by atoms with Gasteiger partial charge < -0.3 is 11.1 Å². The molecule has 7 heteroatoms. The van der Waals surface area contributed by atoms with Crippen LogP contribution in [0.2, 0.25) is 0 Å². The van der Waals surface area contributed by atoms with Crippen molar-refractivity contribution >= 4 is 38.9 Å². The molecule has 0 bridgehead atoms. The second-order valence-electron chi connectivity index (χ2n) is 4.45. The lowest BCUT2D eigenvalue weighted by molar-refractivity contribution is -0.385. The Morgan fingerprint density at radius 1 is 1.29 bits per heavy atom. The van der Waals surface area contributed by atoms with Gasteiger partial charge in [-0.2, -0.15) is 0 Å². The van der Waals surface area contributed by atoms with Crippen LogP contribution in [-0.4, -0.2) is 10.8 Å². The van der Waals surface area contributed by atoms with Gasteiger partial charge in [-0.1, -0.05) is 6.07 Å². The van der Waals surface area contributed by atoms with Gasteiger partial charge in [0, 0.05) is 33.0 Å². The fourth-order valence-corrected chi connectivity index (χ4v) is 2.02. The van der Waals surface area contributed by atoms with Crippen molar-refractivity contribution in [3.8, 4) is 0 Å². The van der Waals surface area contributed by atoms with Gasteiger partial charge in [-0.3, -0.25) is 14.9 Å². The van der Waals surface area contributed by atoms with E-state index in [0.29, 0.717) is 27.0 Å². The highest BCUT2D eigenvalue weighted by Gasteiger charge is 2.13. The van der Waals surface area contributed by atoms with E-state index in [2.05, 4.69) is 21.2 Å². The summed E-state index contributed by atoms with van der Waals surface area (Å²) in [6, 6.07) is 9.34. The number of carbonyl (C=O) groups is 1. The van der Waals surface area contributed by atoms with Crippen LogP contribution in [0.1, 0.15) is 15.9 Å². The van der Waals surface area contributed by atoms with E-state index in [1.54, 1.807) is 31.2 Å². The van der Waals surface area contributed by atoms with Crippen molar-refractivity contribution in [3.63, 3.8) is 0 Å². The number of nitrogens with one attached hydrogen (secondary N) is 1. The van der Waals surface area contributed by atoms with Gasteiger partial charge in [0.25, 0.3) is 11.6 Å². The molecule has 21 heavy (non-hydrogen) atoms. The fourth-order valence-electron chi connectivity index (χ4n) is 1.77. The lowest BCUT2D eigenvalue weighted by atomic mass is 10.1. The Morgan fingerprint density at radius 2 is 2.00 bits per heavy atom. The van der Waals surface area contributed by atoms with Gasteiger partial charge in [0.05, 0.1) is 4.92 Å². The Balaban J connectivity index is 2.25. The molecule has 2 aromatic carbocycles. The third-order valence-corrected chi connectivity index (χ3v) is 3.64. The number of nitro benzene ring substituents is 1. The normalized spacial score (nSPS) is 10.2. The van der Waals surface area contributed by atoms with Crippen LogP contribution in [0.15, 0.2) is 40.9 Å². The molecule has 0 saturated heterocycles. The average Bonchev–Trinajstić information content (AvgIpc) is 2.43. The van der Waals surface area contributed by atoms with Crippen LogP contribution in [0.4, 0.5) is 17.1 Å². The van der Waals surface area contributed by atoms with E-state index in [4.69, 9.17) is 5.73 Å². The SMILES string of the molecule is Cc1ccc(NC(=O)c2ccc(Br)c(N)c2)cc1[N+](=O)[O-]. The molecular formula is C14H12BrN3O3. The van der Waals surface area contributed by atoms with Crippen molar-refractivity contribution in [2.45, 2.75) is 6.92 Å². The maximum absolute atomic E-state index is 12.1. The smallest absolute Gasteiger partial charge is 0.274 e. The van der Waals surface area contributed by atoms with Crippen LogP contribution in [-0.2, 0) is 0 Å². The largest absolute Gasteiger partial charge is 0.398 e. The van der Waals surface area contributed by atoms with Gasteiger partial charge >= 0.3 is 0 Å². The molecule has 0 aliphatic carbocycles. The third kappa shape index (κ3) is 3.38. The average molecular weight is 350 g/mol. The van der Waals surface area contributed by atoms with Crippen LogP contribution in [0.5, 0.6) is 0 Å². The topological polar surface area (TPSA) is 98.3 Å². The molecule has 6 nitrogen and oxygen atoms in total. The van der Waals surface area contributed by atoms with Gasteiger partial charge in [-0.25, -0.2) is 0 Å². The second kappa shape index (κ2) is 5.92. The number of rotatable bonds is 3. The maximum Gasteiger partial charge on any atom is 0.274 e. The summed E-state index contributed by atoms with van der Waals surface area (Å²) in [6.45, 7) is 1.64. The number of hydrogen-bond donors (Lipinski definition) is 2. The summed E-state index contributed by atoms with van der Waals surface area (Å²) < 4.78 is 0.699. The first-order valence-corrected chi connectivity index (χ1v) is 6.79. The molecule has 0 radical (unpaired) electrons. The molecule has 2 aromatic rings. The van der Waals surface area contributed by atoms with Crippen LogP contribution < -0.4 is 11.1 Å². The van der Waals surface area contributed by atoms with E-state index in [-0.39, 0.29) is 11.6 Å². The molecule has 1 amide bonds. The highest BCUT2D eigenvalue weighted by molar-refractivity contribution is 9.10. The summed E-state index contributed by atoms with van der Waals surface area (Å²) in [4.78, 5) is 22.5. The zero-order valence-corrected chi connectivity index (χ0v) is 12.7. The van der Waals surface area contributed by atoms with E-state index in [1.807, 2.05) is 0 Å². The standard InChI is InChI=1S/C14H12BrN3O3/c1-8-2-4-10(7-13(8)18(20)21)17-14(19)9-3-5-11(15)12(16)6-9/h2-7H,16H2,1H3,(H,17,19). The molecule has 0 unspecified atom stereocenters. The van der Waals surface area contributed by atoms with E-state index in [0.717, 1.165) is 0 Å². The minimum absolute atomic E-state index is 0.0388. The summed E-state index contributed by atoms with van der Waals surface area (Å²) in [5.74, 6) is -0.382. The highest BCUT2D eigenvalue weighted by atomic mass is 79.9. The fraction of sp³-hybridized carbons (Fsp3) is 0.0714. The summed E-state index contributed by atoms with van der Waals surface area (Å²) >= 11 is 3.25. The number of amides is 1. The van der Waals surface area contributed by atoms with Crippen molar-refractivity contribution in [2.24, 2.45) is 0 Å². The lowest BCUT2D eigenvalue weighted by Crippen LogP contribution is -2.12. The molecular weight excluding hydrogens is 338 g/mol. The van der Waals surface area contributed by atoms with Crippen LogP contribution in [0.25, 0.3) is 0 Å². The number of benzene rings is 2. The number of nitrogens with zero attached hydrogens (tertiary/aromatic N) is 1. The predicted octanol–water partition coefficient (Wildman–Crippen LogP) is 3.50. The first-order chi connectivity index (χ1) is 9.88. The van der Waals surface area contributed by atoms with Crippen LogP contribution in [0, 0.1) is 17.0 Å². The number of anilines is 2. The van der Waals surface area contributed by atoms with Crippen LogP contribution in [0.3, 0.4) is 0 Å². The zero-order valence-electron chi connectivity index (χ0n) is 11.1. The predicted molar refractivity (Wildman–Crippen MR) is 84.3 cm³/mol.